The third-order valence-corrected chi connectivity index (χ3v) is 9.93. The van der Waals surface area contributed by atoms with Crippen LogP contribution in [0.3, 0.4) is 0 Å². The lowest BCUT2D eigenvalue weighted by atomic mass is 9.85. The number of hydrogen-bond donors (Lipinski definition) is 0. The molecule has 0 fully saturated rings. The van der Waals surface area contributed by atoms with Gasteiger partial charge in [0, 0.05) is 71.2 Å². The molecule has 0 spiro atoms. The second kappa shape index (κ2) is 16.3. The van der Waals surface area contributed by atoms with E-state index >= 15 is 0 Å². The summed E-state index contributed by atoms with van der Waals surface area (Å²) in [5.41, 5.74) is 10.3. The molecule has 0 heterocycles. The first-order chi connectivity index (χ1) is 22.4. The second-order valence-corrected chi connectivity index (χ2v) is 13.5. The number of hydrogen-bond acceptors (Lipinski definition) is 3. The smallest absolute Gasteiger partial charge is 0.0429 e. The maximum Gasteiger partial charge on any atom is 0.0429 e. The van der Waals surface area contributed by atoms with Gasteiger partial charge in [-0.3, -0.25) is 0 Å². The van der Waals surface area contributed by atoms with Crippen molar-refractivity contribution >= 4 is 48.9 Å². The Morgan fingerprint density at radius 2 is 0.674 bits per heavy atom. The van der Waals surface area contributed by atoms with Crippen LogP contribution in [0.4, 0.5) is 17.1 Å². The number of nitrogens with zero attached hydrogens (tertiary/aromatic N) is 3. The summed E-state index contributed by atoms with van der Waals surface area (Å²) >= 11 is 7.12. The average Bonchev–Trinajstić information content (AvgIpc) is 3.10. The first-order valence-electron chi connectivity index (χ1n) is 16.5. The summed E-state index contributed by atoms with van der Waals surface area (Å²) in [5.74, 6) is 0.136. The van der Waals surface area contributed by atoms with Gasteiger partial charge in [0.05, 0.1) is 0 Å². The molecule has 0 atom stereocenters. The molecule has 238 valence electrons. The zero-order chi connectivity index (χ0) is 32.5. The Morgan fingerprint density at radius 1 is 0.391 bits per heavy atom. The highest BCUT2D eigenvalue weighted by Crippen LogP contribution is 2.35. The fraction of sp³-hybridized carbons (Fsp3) is 0.268. The molecule has 5 aromatic carbocycles. The predicted octanol–water partition coefficient (Wildman–Crippen LogP) is 11.3. The summed E-state index contributed by atoms with van der Waals surface area (Å²) < 4.78 is 2.22. The van der Waals surface area contributed by atoms with Crippen LogP contribution in [0.5, 0.6) is 0 Å². The van der Waals surface area contributed by atoms with E-state index in [1.807, 2.05) is 0 Å². The third kappa shape index (κ3) is 8.43. The van der Waals surface area contributed by atoms with Crippen LogP contribution in [0.2, 0.25) is 0 Å². The molecule has 3 nitrogen and oxygen atoms in total. The SMILES string of the molecule is CCN(CC)c1ccc(C(c2ccc(N(CC)Cc3ccc(Br)cc3)cc2)c2ccc(N(CC)Cc3ccc(Br)cc3)cc2)cc1. The minimum atomic E-state index is 0.136. The third-order valence-electron chi connectivity index (χ3n) is 8.87. The van der Waals surface area contributed by atoms with Crippen LogP contribution in [-0.2, 0) is 13.1 Å². The van der Waals surface area contributed by atoms with Crippen molar-refractivity contribution in [3.63, 3.8) is 0 Å². The molecular formula is C41H45Br2N3. The van der Waals surface area contributed by atoms with Crippen molar-refractivity contribution in [2.75, 3.05) is 40.9 Å². The molecule has 5 rings (SSSR count). The van der Waals surface area contributed by atoms with Gasteiger partial charge in [-0.25, -0.2) is 0 Å². The van der Waals surface area contributed by atoms with E-state index in [0.717, 1.165) is 48.2 Å². The van der Waals surface area contributed by atoms with E-state index in [-0.39, 0.29) is 5.92 Å². The zero-order valence-electron chi connectivity index (χ0n) is 27.5. The first kappa shape index (κ1) is 33.8. The maximum absolute atomic E-state index is 3.56. The second-order valence-electron chi connectivity index (χ2n) is 11.7. The lowest BCUT2D eigenvalue weighted by molar-refractivity contribution is 0.829. The van der Waals surface area contributed by atoms with Gasteiger partial charge in [-0.15, -0.1) is 0 Å². The number of rotatable bonds is 14. The van der Waals surface area contributed by atoms with Crippen LogP contribution in [0.1, 0.15) is 61.4 Å². The molecule has 0 bridgehead atoms. The van der Waals surface area contributed by atoms with Gasteiger partial charge in [-0.1, -0.05) is 92.5 Å². The molecule has 46 heavy (non-hydrogen) atoms. The van der Waals surface area contributed by atoms with Crippen molar-refractivity contribution in [3.05, 3.63) is 158 Å². The van der Waals surface area contributed by atoms with Gasteiger partial charge >= 0.3 is 0 Å². The van der Waals surface area contributed by atoms with Crippen molar-refractivity contribution < 1.29 is 0 Å². The average molecular weight is 740 g/mol. The Hall–Kier alpha value is -3.54. The fourth-order valence-corrected chi connectivity index (χ4v) is 6.72. The van der Waals surface area contributed by atoms with Crippen LogP contribution in [0.25, 0.3) is 0 Å². The maximum atomic E-state index is 3.56. The highest BCUT2D eigenvalue weighted by molar-refractivity contribution is 9.10. The highest BCUT2D eigenvalue weighted by Gasteiger charge is 2.19. The molecule has 0 aromatic heterocycles. The van der Waals surface area contributed by atoms with Crippen LogP contribution >= 0.6 is 31.9 Å². The van der Waals surface area contributed by atoms with Gasteiger partial charge in [0.1, 0.15) is 0 Å². The van der Waals surface area contributed by atoms with Crippen molar-refractivity contribution in [2.24, 2.45) is 0 Å². The van der Waals surface area contributed by atoms with E-state index in [1.54, 1.807) is 0 Å². The molecule has 0 N–H and O–H groups in total. The predicted molar refractivity (Wildman–Crippen MR) is 206 cm³/mol. The largest absolute Gasteiger partial charge is 0.372 e. The van der Waals surface area contributed by atoms with Gasteiger partial charge in [0.15, 0.2) is 0 Å². The molecular weight excluding hydrogens is 694 g/mol. The molecule has 0 aliphatic rings. The minimum absolute atomic E-state index is 0.136. The Bertz CT molecular complexity index is 1530. The van der Waals surface area contributed by atoms with Gasteiger partial charge in [0.25, 0.3) is 0 Å². The van der Waals surface area contributed by atoms with E-state index in [2.05, 4.69) is 196 Å². The summed E-state index contributed by atoms with van der Waals surface area (Å²) in [6, 6.07) is 44.9. The van der Waals surface area contributed by atoms with E-state index in [9.17, 15) is 0 Å². The van der Waals surface area contributed by atoms with Crippen LogP contribution in [0, 0.1) is 0 Å². The first-order valence-corrected chi connectivity index (χ1v) is 18.0. The van der Waals surface area contributed by atoms with Crippen molar-refractivity contribution in [1.82, 2.24) is 0 Å². The minimum Gasteiger partial charge on any atom is -0.372 e. The van der Waals surface area contributed by atoms with Gasteiger partial charge in [-0.2, -0.15) is 0 Å². The molecule has 0 radical (unpaired) electrons. The van der Waals surface area contributed by atoms with Crippen molar-refractivity contribution in [2.45, 2.75) is 46.7 Å². The summed E-state index contributed by atoms with van der Waals surface area (Å²) in [7, 11) is 0. The summed E-state index contributed by atoms with van der Waals surface area (Å²) in [5, 5.41) is 0. The summed E-state index contributed by atoms with van der Waals surface area (Å²) in [6.07, 6.45) is 0. The van der Waals surface area contributed by atoms with Gasteiger partial charge in [-0.05, 0) is 116 Å². The monoisotopic (exact) mass is 737 g/mol. The molecule has 0 aliphatic carbocycles. The molecule has 0 aliphatic heterocycles. The van der Waals surface area contributed by atoms with Crippen molar-refractivity contribution in [3.8, 4) is 0 Å². The van der Waals surface area contributed by atoms with Crippen LogP contribution in [0.15, 0.2) is 130 Å². The Kier molecular flexibility index (Phi) is 12.0. The fourth-order valence-electron chi connectivity index (χ4n) is 6.19. The Morgan fingerprint density at radius 3 is 0.957 bits per heavy atom. The number of anilines is 3. The van der Waals surface area contributed by atoms with Crippen LogP contribution < -0.4 is 14.7 Å². The Balaban J connectivity index is 1.44. The van der Waals surface area contributed by atoms with E-state index in [4.69, 9.17) is 0 Å². The Labute approximate surface area is 293 Å². The topological polar surface area (TPSA) is 9.72 Å². The number of benzene rings is 5. The molecule has 0 saturated heterocycles. The van der Waals surface area contributed by atoms with E-state index < -0.39 is 0 Å². The normalized spacial score (nSPS) is 11.1. The standard InChI is InChI=1S/C41H45Br2N3/c1-5-44(6-2)38-23-13-33(14-24-38)41(34-15-25-39(26-16-34)45(7-3)29-31-9-19-36(42)20-10-31)35-17-27-40(28-18-35)46(8-4)30-32-11-21-37(43)22-12-32/h9-28,41H,5-8,29-30H2,1-4H3. The summed E-state index contributed by atoms with van der Waals surface area (Å²) in [4.78, 5) is 7.26. The molecule has 0 amide bonds. The number of halogens is 2. The highest BCUT2D eigenvalue weighted by atomic mass is 79.9. The summed E-state index contributed by atoms with van der Waals surface area (Å²) in [6.45, 7) is 14.6. The molecule has 0 saturated carbocycles. The molecule has 5 heteroatoms. The van der Waals surface area contributed by atoms with Gasteiger partial charge < -0.3 is 14.7 Å². The van der Waals surface area contributed by atoms with Crippen LogP contribution in [-0.4, -0.2) is 26.2 Å². The van der Waals surface area contributed by atoms with Crippen molar-refractivity contribution in [1.29, 1.82) is 0 Å². The molecule has 0 unspecified atom stereocenters. The molecule has 5 aromatic rings. The van der Waals surface area contributed by atoms with E-state index in [1.165, 1.54) is 44.9 Å². The van der Waals surface area contributed by atoms with E-state index in [0.29, 0.717) is 0 Å². The lowest BCUT2D eigenvalue weighted by Crippen LogP contribution is -2.22. The lowest BCUT2D eigenvalue weighted by Gasteiger charge is -2.26. The zero-order valence-corrected chi connectivity index (χ0v) is 30.6. The quantitative estimate of drug-likeness (QED) is 0.105. The van der Waals surface area contributed by atoms with Gasteiger partial charge in [0.2, 0.25) is 0 Å².